The lowest BCUT2D eigenvalue weighted by molar-refractivity contribution is -0.159. The Balaban J connectivity index is 1.67. The van der Waals surface area contributed by atoms with Crippen molar-refractivity contribution in [3.05, 3.63) is 58.1 Å². The molecule has 2 aromatic carbocycles. The smallest absolute Gasteiger partial charge is 0.332 e. The number of aryl methyl sites for hydroxylation is 1. The van der Waals surface area contributed by atoms with Gasteiger partial charge in [0.25, 0.3) is 0 Å². The molecule has 4 amide bonds. The van der Waals surface area contributed by atoms with E-state index in [4.69, 9.17) is 11.6 Å². The van der Waals surface area contributed by atoms with Crippen LogP contribution < -0.4 is 9.80 Å². The van der Waals surface area contributed by atoms with Crippen LogP contribution in [0.1, 0.15) is 16.7 Å². The maximum Gasteiger partial charge on any atom is 0.332 e. The van der Waals surface area contributed by atoms with Crippen LogP contribution in [-0.2, 0) is 16.0 Å². The Kier molecular flexibility index (Phi) is 4.94. The molecule has 0 bridgehead atoms. The van der Waals surface area contributed by atoms with Gasteiger partial charge in [0.2, 0.25) is 11.8 Å². The minimum atomic E-state index is -1.38. The number of urea groups is 1. The van der Waals surface area contributed by atoms with E-state index in [9.17, 15) is 14.4 Å². The molecule has 3 heterocycles. The molecule has 0 aliphatic carbocycles. The summed E-state index contributed by atoms with van der Waals surface area (Å²) in [6, 6.07) is 10.8. The third-order valence-electron chi connectivity index (χ3n) is 7.64. The van der Waals surface area contributed by atoms with Crippen LogP contribution >= 0.6 is 11.6 Å². The summed E-state index contributed by atoms with van der Waals surface area (Å²) in [5, 5.41) is 0.617. The predicted octanol–water partition coefficient (Wildman–Crippen LogP) is 3.24. The summed E-state index contributed by atoms with van der Waals surface area (Å²) in [7, 11) is 2.92. The largest absolute Gasteiger partial charge is 0.367 e. The van der Waals surface area contributed by atoms with E-state index in [-0.39, 0.29) is 6.42 Å². The van der Waals surface area contributed by atoms with Crippen molar-refractivity contribution in [1.82, 2.24) is 9.80 Å². The molecule has 0 N–H and O–H groups in total. The van der Waals surface area contributed by atoms with Crippen LogP contribution in [0.25, 0.3) is 0 Å². The molecule has 3 aliphatic rings. The average molecular weight is 467 g/mol. The fourth-order valence-corrected chi connectivity index (χ4v) is 5.85. The minimum absolute atomic E-state index is 0.237. The van der Waals surface area contributed by atoms with Crippen LogP contribution in [0.2, 0.25) is 5.02 Å². The first-order chi connectivity index (χ1) is 15.7. The Labute approximate surface area is 198 Å². The summed E-state index contributed by atoms with van der Waals surface area (Å²) < 4.78 is 0. The summed E-state index contributed by atoms with van der Waals surface area (Å²) in [6.45, 7) is 6.05. The Morgan fingerprint density at radius 3 is 2.33 bits per heavy atom. The number of benzene rings is 2. The topological polar surface area (TPSA) is 64.2 Å². The number of carbonyl (C=O) groups excluding carboxylic acids is 3. The summed E-state index contributed by atoms with van der Waals surface area (Å²) in [5.41, 5.74) is 3.96. The lowest BCUT2D eigenvalue weighted by atomic mass is 9.67. The van der Waals surface area contributed by atoms with Gasteiger partial charge in [-0.25, -0.2) is 4.79 Å². The maximum atomic E-state index is 13.8. The molecule has 0 saturated carbocycles. The molecule has 33 heavy (non-hydrogen) atoms. The second kappa shape index (κ2) is 7.48. The first kappa shape index (κ1) is 21.8. The molecule has 1 atom stereocenters. The van der Waals surface area contributed by atoms with Gasteiger partial charge in [0.1, 0.15) is 0 Å². The van der Waals surface area contributed by atoms with Crippen LogP contribution in [0.15, 0.2) is 36.4 Å². The van der Waals surface area contributed by atoms with Crippen LogP contribution in [-0.4, -0.2) is 67.4 Å². The van der Waals surface area contributed by atoms with Gasteiger partial charge in [-0.2, -0.15) is 0 Å². The van der Waals surface area contributed by atoms with Gasteiger partial charge >= 0.3 is 6.03 Å². The zero-order chi connectivity index (χ0) is 23.7. The van der Waals surface area contributed by atoms with Gasteiger partial charge in [-0.15, -0.1) is 0 Å². The highest BCUT2D eigenvalue weighted by atomic mass is 35.5. The highest BCUT2D eigenvalue weighted by molar-refractivity contribution is 6.31. The number of amides is 4. The van der Waals surface area contributed by atoms with E-state index in [0.717, 1.165) is 33.3 Å². The summed E-state index contributed by atoms with van der Waals surface area (Å²) in [5.74, 6) is -0.872. The third kappa shape index (κ3) is 2.98. The number of barbiturate groups is 1. The monoisotopic (exact) mass is 466 g/mol. The van der Waals surface area contributed by atoms with Gasteiger partial charge in [0.05, 0.1) is 6.04 Å². The maximum absolute atomic E-state index is 13.8. The summed E-state index contributed by atoms with van der Waals surface area (Å²) >= 11 is 6.34. The molecular formula is C25H27ClN4O3. The first-order valence-electron chi connectivity index (χ1n) is 11.1. The lowest BCUT2D eigenvalue weighted by Gasteiger charge is -2.56. The van der Waals surface area contributed by atoms with Gasteiger partial charge in [-0.05, 0) is 55.2 Å². The van der Waals surface area contributed by atoms with Gasteiger partial charge < -0.3 is 9.80 Å². The van der Waals surface area contributed by atoms with Crippen molar-refractivity contribution in [2.24, 2.45) is 5.41 Å². The average Bonchev–Trinajstić information content (AvgIpc) is 2.82. The molecule has 3 aliphatic heterocycles. The van der Waals surface area contributed by atoms with Crippen LogP contribution in [0.4, 0.5) is 16.2 Å². The Hall–Kier alpha value is -3.06. The quantitative estimate of drug-likeness (QED) is 0.604. The van der Waals surface area contributed by atoms with Gasteiger partial charge in [0, 0.05) is 50.1 Å². The fourth-order valence-electron chi connectivity index (χ4n) is 5.69. The van der Waals surface area contributed by atoms with E-state index in [1.54, 1.807) is 6.07 Å². The second-order valence-corrected chi connectivity index (χ2v) is 9.74. The number of anilines is 2. The number of piperazine rings is 1. The zero-order valence-corrected chi connectivity index (χ0v) is 20.0. The van der Waals surface area contributed by atoms with Crippen molar-refractivity contribution in [2.75, 3.05) is 43.5 Å². The van der Waals surface area contributed by atoms with E-state index in [1.165, 1.54) is 25.2 Å². The van der Waals surface area contributed by atoms with Crippen molar-refractivity contribution >= 4 is 40.8 Å². The Morgan fingerprint density at radius 2 is 1.64 bits per heavy atom. The highest BCUT2D eigenvalue weighted by Gasteiger charge is 2.63. The molecule has 2 aromatic rings. The molecule has 2 fully saturated rings. The molecular weight excluding hydrogens is 440 g/mol. The van der Waals surface area contributed by atoms with Crippen LogP contribution in [0.5, 0.6) is 0 Å². The van der Waals surface area contributed by atoms with Crippen molar-refractivity contribution in [3.8, 4) is 0 Å². The molecule has 0 aromatic heterocycles. The fraction of sp³-hybridized carbons (Fsp3) is 0.400. The molecule has 8 heteroatoms. The Bertz CT molecular complexity index is 1170. The van der Waals surface area contributed by atoms with Crippen LogP contribution in [0, 0.1) is 19.3 Å². The number of halogens is 1. The number of nitrogens with zero attached hydrogens (tertiary/aromatic N) is 4. The number of carbonyl (C=O) groups is 3. The van der Waals surface area contributed by atoms with Crippen molar-refractivity contribution in [3.63, 3.8) is 0 Å². The van der Waals surface area contributed by atoms with Gasteiger partial charge in [-0.3, -0.25) is 19.4 Å². The zero-order valence-electron chi connectivity index (χ0n) is 19.3. The van der Waals surface area contributed by atoms with E-state index < -0.39 is 29.3 Å². The SMILES string of the molecule is Cc1cccc(N2CCN3c4cc(Cl)ccc4CC4(C(=O)N(C)C(=O)N(C)C4=O)C3C2)c1C. The van der Waals surface area contributed by atoms with E-state index in [0.29, 0.717) is 18.1 Å². The minimum Gasteiger partial charge on any atom is -0.367 e. The van der Waals surface area contributed by atoms with Crippen LogP contribution in [0.3, 0.4) is 0 Å². The number of hydrogen-bond donors (Lipinski definition) is 0. The van der Waals surface area contributed by atoms with Gasteiger partial charge in [-0.1, -0.05) is 29.8 Å². The molecule has 7 nitrogen and oxygen atoms in total. The van der Waals surface area contributed by atoms with Crippen molar-refractivity contribution < 1.29 is 14.4 Å². The second-order valence-electron chi connectivity index (χ2n) is 9.31. The number of imide groups is 2. The first-order valence-corrected chi connectivity index (χ1v) is 11.5. The van der Waals surface area contributed by atoms with Crippen molar-refractivity contribution in [1.29, 1.82) is 0 Å². The predicted molar refractivity (Wildman–Crippen MR) is 128 cm³/mol. The molecule has 1 spiro atoms. The van der Waals surface area contributed by atoms with E-state index >= 15 is 0 Å². The summed E-state index contributed by atoms with van der Waals surface area (Å²) in [6.07, 6.45) is 0.237. The summed E-state index contributed by atoms with van der Waals surface area (Å²) in [4.78, 5) is 46.7. The number of rotatable bonds is 1. The van der Waals surface area contributed by atoms with E-state index in [2.05, 4.69) is 35.8 Å². The van der Waals surface area contributed by atoms with Gasteiger partial charge in [0.15, 0.2) is 5.41 Å². The third-order valence-corrected chi connectivity index (χ3v) is 7.87. The number of hydrogen-bond acceptors (Lipinski definition) is 5. The normalized spacial score (nSPS) is 22.1. The highest BCUT2D eigenvalue weighted by Crippen LogP contribution is 2.47. The molecule has 172 valence electrons. The Morgan fingerprint density at radius 1 is 0.939 bits per heavy atom. The molecule has 1 unspecified atom stereocenters. The van der Waals surface area contributed by atoms with Crippen molar-refractivity contribution in [2.45, 2.75) is 26.3 Å². The molecule has 5 rings (SSSR count). The number of fused-ring (bicyclic) bond motifs is 4. The standard InChI is InChI=1S/C25H27ClN4O3/c1-15-6-5-7-19(16(15)2)29-10-11-30-20-12-18(26)9-8-17(20)13-25(21(30)14-29)22(31)27(3)24(33)28(4)23(25)32/h5-9,12,21H,10-11,13-14H2,1-4H3. The molecule has 2 saturated heterocycles. The van der Waals surface area contributed by atoms with E-state index in [1.807, 2.05) is 18.2 Å². The lowest BCUT2D eigenvalue weighted by Crippen LogP contribution is -2.74. The molecule has 0 radical (unpaired) electrons.